The van der Waals surface area contributed by atoms with E-state index in [1.54, 1.807) is 12.5 Å². The van der Waals surface area contributed by atoms with Crippen LogP contribution in [0.15, 0.2) is 36.8 Å². The number of fused-ring (bicyclic) bond motifs is 3. The molecule has 33 heavy (non-hydrogen) atoms. The number of hydrogen-bond donors (Lipinski definition) is 0. The molecule has 10 heteroatoms. The topological polar surface area (TPSA) is 75.4 Å². The molecule has 3 saturated heterocycles. The fourth-order valence-corrected chi connectivity index (χ4v) is 5.98. The van der Waals surface area contributed by atoms with Crippen molar-refractivity contribution < 1.29 is 4.74 Å². The molecule has 0 bridgehead atoms. The van der Waals surface area contributed by atoms with E-state index in [2.05, 4.69) is 51.6 Å². The summed E-state index contributed by atoms with van der Waals surface area (Å²) in [5.41, 5.74) is 2.65. The van der Waals surface area contributed by atoms with Crippen LogP contribution in [0.3, 0.4) is 0 Å². The van der Waals surface area contributed by atoms with Crippen LogP contribution in [0, 0.1) is 5.41 Å². The molecule has 0 amide bonds. The van der Waals surface area contributed by atoms with E-state index in [9.17, 15) is 0 Å². The van der Waals surface area contributed by atoms with Gasteiger partial charge >= 0.3 is 0 Å². The molecule has 0 aliphatic carbocycles. The maximum atomic E-state index is 6.40. The summed E-state index contributed by atoms with van der Waals surface area (Å²) in [6.07, 6.45) is 4.47. The number of nitrogens with zero attached hydrogens (tertiary/aromatic N) is 8. The fourth-order valence-electron chi connectivity index (χ4n) is 5.79. The lowest BCUT2D eigenvalue weighted by Crippen LogP contribution is -2.73. The van der Waals surface area contributed by atoms with E-state index in [4.69, 9.17) is 16.3 Å². The quantitative estimate of drug-likeness (QED) is 0.583. The van der Waals surface area contributed by atoms with Gasteiger partial charge in [-0.25, -0.2) is 9.97 Å². The van der Waals surface area contributed by atoms with Gasteiger partial charge in [0.25, 0.3) is 0 Å². The summed E-state index contributed by atoms with van der Waals surface area (Å²) in [7, 11) is 0. The molecule has 170 valence electrons. The van der Waals surface area contributed by atoms with Gasteiger partial charge in [0, 0.05) is 62.0 Å². The number of aromatic nitrogens is 5. The molecule has 6 heterocycles. The zero-order chi connectivity index (χ0) is 22.0. The third-order valence-corrected chi connectivity index (χ3v) is 7.65. The molecular weight excluding hydrogens is 440 g/mol. The Kier molecular flexibility index (Phi) is 4.40. The third kappa shape index (κ3) is 3.21. The number of anilines is 2. The Morgan fingerprint density at radius 2 is 1.91 bits per heavy atom. The molecule has 0 saturated carbocycles. The van der Waals surface area contributed by atoms with Gasteiger partial charge in [0.2, 0.25) is 5.95 Å². The third-order valence-electron chi connectivity index (χ3n) is 7.41. The summed E-state index contributed by atoms with van der Waals surface area (Å²) in [5.74, 6) is 2.92. The van der Waals surface area contributed by atoms with Crippen LogP contribution in [-0.2, 0) is 17.8 Å². The lowest BCUT2D eigenvalue weighted by atomic mass is 9.73. The SMILES string of the molecule is Clc1ccc2c(c1)CN([C@@H]1CCOC1)Cc1nnc(N3CC4(CN(c5ccncn5)C4)C3)n1-2. The molecule has 3 aromatic rings. The number of ether oxygens (including phenoxy) is 1. The van der Waals surface area contributed by atoms with Gasteiger partial charge in [-0.05, 0) is 36.2 Å². The molecule has 1 aromatic carbocycles. The smallest absolute Gasteiger partial charge is 0.231 e. The van der Waals surface area contributed by atoms with Crippen molar-refractivity contribution in [2.45, 2.75) is 25.6 Å². The fraction of sp³-hybridized carbons (Fsp3) is 0.478. The van der Waals surface area contributed by atoms with E-state index in [-0.39, 0.29) is 0 Å². The van der Waals surface area contributed by atoms with Crippen molar-refractivity contribution in [2.75, 3.05) is 49.2 Å². The van der Waals surface area contributed by atoms with Crippen molar-refractivity contribution in [1.29, 1.82) is 0 Å². The summed E-state index contributed by atoms with van der Waals surface area (Å²) in [6, 6.07) is 8.54. The van der Waals surface area contributed by atoms with Gasteiger partial charge in [-0.15, -0.1) is 10.2 Å². The van der Waals surface area contributed by atoms with E-state index < -0.39 is 0 Å². The van der Waals surface area contributed by atoms with Gasteiger partial charge in [-0.3, -0.25) is 9.47 Å². The zero-order valence-electron chi connectivity index (χ0n) is 18.3. The van der Waals surface area contributed by atoms with Gasteiger partial charge in [0.1, 0.15) is 12.1 Å². The van der Waals surface area contributed by atoms with Crippen LogP contribution in [0.5, 0.6) is 0 Å². The second-order valence-electron chi connectivity index (χ2n) is 9.73. The largest absolute Gasteiger partial charge is 0.380 e. The lowest BCUT2D eigenvalue weighted by molar-refractivity contribution is 0.133. The summed E-state index contributed by atoms with van der Waals surface area (Å²) in [5, 5.41) is 10.1. The summed E-state index contributed by atoms with van der Waals surface area (Å²) >= 11 is 6.40. The van der Waals surface area contributed by atoms with Crippen LogP contribution < -0.4 is 9.80 Å². The van der Waals surface area contributed by atoms with Crippen LogP contribution in [0.25, 0.3) is 5.69 Å². The first kappa shape index (κ1) is 19.7. The minimum absolute atomic E-state index is 0.304. The van der Waals surface area contributed by atoms with E-state index >= 15 is 0 Å². The Labute approximate surface area is 196 Å². The number of hydrogen-bond acceptors (Lipinski definition) is 8. The normalized spacial score (nSPS) is 23.6. The minimum atomic E-state index is 0.304. The number of halogens is 1. The van der Waals surface area contributed by atoms with Gasteiger partial charge in [-0.2, -0.15) is 0 Å². The maximum absolute atomic E-state index is 6.40. The maximum Gasteiger partial charge on any atom is 0.231 e. The average molecular weight is 465 g/mol. The average Bonchev–Trinajstić information content (AvgIpc) is 3.41. The molecule has 3 fully saturated rings. The molecule has 1 spiro atoms. The summed E-state index contributed by atoms with van der Waals surface area (Å²) in [6.45, 7) is 7.19. The van der Waals surface area contributed by atoms with Gasteiger partial charge < -0.3 is 14.5 Å². The highest BCUT2D eigenvalue weighted by atomic mass is 35.5. The van der Waals surface area contributed by atoms with Gasteiger partial charge in [0.05, 0.1) is 18.8 Å². The predicted molar refractivity (Wildman–Crippen MR) is 124 cm³/mol. The Morgan fingerprint density at radius 3 is 2.70 bits per heavy atom. The first-order valence-corrected chi connectivity index (χ1v) is 11.9. The molecule has 7 rings (SSSR count). The number of rotatable bonds is 3. The van der Waals surface area contributed by atoms with Crippen LogP contribution in [0.1, 0.15) is 17.8 Å². The molecule has 4 aliphatic rings. The molecule has 0 unspecified atom stereocenters. The van der Waals surface area contributed by atoms with Crippen molar-refractivity contribution >= 4 is 23.4 Å². The minimum Gasteiger partial charge on any atom is -0.380 e. The Morgan fingerprint density at radius 1 is 1.03 bits per heavy atom. The van der Waals surface area contributed by atoms with Crippen LogP contribution >= 0.6 is 11.6 Å². The van der Waals surface area contributed by atoms with E-state index in [1.807, 2.05) is 12.1 Å². The van der Waals surface area contributed by atoms with E-state index in [0.717, 1.165) is 87.2 Å². The molecule has 0 N–H and O–H groups in total. The lowest BCUT2D eigenvalue weighted by Gasteiger charge is -2.60. The zero-order valence-corrected chi connectivity index (χ0v) is 19.0. The first-order valence-electron chi connectivity index (χ1n) is 11.5. The monoisotopic (exact) mass is 464 g/mol. The van der Waals surface area contributed by atoms with Crippen LogP contribution in [0.2, 0.25) is 5.02 Å². The van der Waals surface area contributed by atoms with Crippen LogP contribution in [-0.4, -0.2) is 75.1 Å². The highest BCUT2D eigenvalue weighted by Crippen LogP contribution is 2.44. The molecule has 2 aromatic heterocycles. The molecule has 0 radical (unpaired) electrons. The summed E-state index contributed by atoms with van der Waals surface area (Å²) in [4.78, 5) is 15.6. The molecule has 4 aliphatic heterocycles. The second-order valence-corrected chi connectivity index (χ2v) is 10.2. The first-order chi connectivity index (χ1) is 16.2. The Balaban J connectivity index is 1.16. The van der Waals surface area contributed by atoms with E-state index in [1.165, 1.54) is 5.56 Å². The highest BCUT2D eigenvalue weighted by molar-refractivity contribution is 6.30. The Bertz CT molecular complexity index is 1180. The molecular formula is C23H25ClN8O. The van der Waals surface area contributed by atoms with Crippen molar-refractivity contribution in [3.63, 3.8) is 0 Å². The Hall–Kier alpha value is -2.75. The highest BCUT2D eigenvalue weighted by Gasteiger charge is 2.53. The van der Waals surface area contributed by atoms with E-state index in [0.29, 0.717) is 11.5 Å². The van der Waals surface area contributed by atoms with Crippen molar-refractivity contribution in [3.05, 3.63) is 53.2 Å². The van der Waals surface area contributed by atoms with Crippen molar-refractivity contribution in [3.8, 4) is 5.69 Å². The second kappa shape index (κ2) is 7.38. The van der Waals surface area contributed by atoms with Crippen LogP contribution in [0.4, 0.5) is 11.8 Å². The van der Waals surface area contributed by atoms with Crippen molar-refractivity contribution in [1.82, 2.24) is 29.6 Å². The number of benzene rings is 1. The predicted octanol–water partition coefficient (Wildman–Crippen LogP) is 2.14. The summed E-state index contributed by atoms with van der Waals surface area (Å²) < 4.78 is 7.92. The molecule has 1 atom stereocenters. The van der Waals surface area contributed by atoms with Gasteiger partial charge in [0.15, 0.2) is 5.82 Å². The van der Waals surface area contributed by atoms with Gasteiger partial charge in [-0.1, -0.05) is 11.6 Å². The standard InChI is InChI=1S/C23H25ClN8O/c24-17-1-2-19-16(7-17)8-29(18-4-6-33-10-18)9-21-27-28-22(32(19)21)31-13-23(14-31)11-30(12-23)20-3-5-25-15-26-20/h1-3,5,7,15,18H,4,6,8-14H2/t18-/m1/s1. The molecule has 9 nitrogen and oxygen atoms in total. The van der Waals surface area contributed by atoms with Crippen molar-refractivity contribution in [2.24, 2.45) is 5.41 Å².